The summed E-state index contributed by atoms with van der Waals surface area (Å²) in [6.45, 7) is 3.99. The molecule has 106 valence electrons. The van der Waals surface area contributed by atoms with Crippen molar-refractivity contribution in [1.29, 1.82) is 0 Å². The first-order valence-corrected chi connectivity index (χ1v) is 7.40. The molecule has 21 heavy (non-hydrogen) atoms. The van der Waals surface area contributed by atoms with Gasteiger partial charge in [0.1, 0.15) is 5.58 Å². The highest BCUT2D eigenvalue weighted by molar-refractivity contribution is 9.10. The van der Waals surface area contributed by atoms with Crippen molar-refractivity contribution in [3.8, 4) is 0 Å². The first-order chi connectivity index (χ1) is 10.0. The van der Waals surface area contributed by atoms with Gasteiger partial charge in [0.2, 0.25) is 0 Å². The molecule has 2 aromatic carbocycles. The number of fused-ring (bicyclic) bond motifs is 1. The third-order valence-electron chi connectivity index (χ3n) is 3.35. The van der Waals surface area contributed by atoms with Gasteiger partial charge in [0.05, 0.1) is 4.47 Å². The van der Waals surface area contributed by atoms with Crippen molar-refractivity contribution in [1.82, 2.24) is 0 Å². The van der Waals surface area contributed by atoms with Gasteiger partial charge in [-0.1, -0.05) is 29.8 Å². The van der Waals surface area contributed by atoms with Crippen LogP contribution in [0.2, 0.25) is 0 Å². The molecular formula is C17H14BrNO2. The lowest BCUT2D eigenvalue weighted by Gasteiger charge is -2.07. The van der Waals surface area contributed by atoms with Crippen LogP contribution >= 0.6 is 15.9 Å². The van der Waals surface area contributed by atoms with Crippen LogP contribution in [0.15, 0.2) is 51.4 Å². The highest BCUT2D eigenvalue weighted by Crippen LogP contribution is 2.27. The number of nitrogens with one attached hydrogen (secondary N) is 1. The maximum absolute atomic E-state index is 12.3. The number of hydrogen-bond donors (Lipinski definition) is 1. The first kappa shape index (κ1) is 13.9. The van der Waals surface area contributed by atoms with Crippen LogP contribution in [0.5, 0.6) is 0 Å². The Hall–Kier alpha value is -2.07. The Balaban J connectivity index is 1.92. The largest absolute Gasteiger partial charge is 0.450 e. The molecule has 3 aromatic rings. The molecule has 0 bridgehead atoms. The summed E-state index contributed by atoms with van der Waals surface area (Å²) in [5, 5.41) is 3.78. The van der Waals surface area contributed by atoms with Crippen molar-refractivity contribution in [2.75, 3.05) is 5.32 Å². The summed E-state index contributed by atoms with van der Waals surface area (Å²) in [4.78, 5) is 12.3. The van der Waals surface area contributed by atoms with E-state index in [0.717, 1.165) is 26.7 Å². The van der Waals surface area contributed by atoms with Crippen LogP contribution in [-0.2, 0) is 0 Å². The molecule has 3 rings (SSSR count). The van der Waals surface area contributed by atoms with Crippen molar-refractivity contribution in [2.45, 2.75) is 13.8 Å². The molecule has 0 fully saturated rings. The van der Waals surface area contributed by atoms with Gasteiger partial charge < -0.3 is 9.73 Å². The molecule has 0 aliphatic carbocycles. The van der Waals surface area contributed by atoms with Crippen molar-refractivity contribution < 1.29 is 9.21 Å². The standard InChI is InChI=1S/C17H14BrNO2/c1-10-6-7-14(11(2)8-10)19-17(20)15-9-12-4-3-5-13(18)16(12)21-15/h3-9H,1-2H3,(H,19,20). The predicted octanol–water partition coefficient (Wildman–Crippen LogP) is 5.06. The molecule has 0 aliphatic heterocycles. The van der Waals surface area contributed by atoms with Crippen LogP contribution in [0.4, 0.5) is 5.69 Å². The molecule has 1 heterocycles. The van der Waals surface area contributed by atoms with E-state index >= 15 is 0 Å². The van der Waals surface area contributed by atoms with E-state index in [1.165, 1.54) is 0 Å². The van der Waals surface area contributed by atoms with Crippen molar-refractivity contribution >= 4 is 38.5 Å². The second kappa shape index (κ2) is 5.37. The molecule has 1 N–H and O–H groups in total. The lowest BCUT2D eigenvalue weighted by Crippen LogP contribution is -2.11. The number of anilines is 1. The molecular weight excluding hydrogens is 330 g/mol. The van der Waals surface area contributed by atoms with Crippen molar-refractivity contribution in [3.05, 3.63) is 63.8 Å². The van der Waals surface area contributed by atoms with Gasteiger partial charge in [-0.2, -0.15) is 0 Å². The Morgan fingerprint density at radius 1 is 1.14 bits per heavy atom. The fourth-order valence-corrected chi connectivity index (χ4v) is 2.74. The Morgan fingerprint density at radius 3 is 2.67 bits per heavy atom. The number of carbonyl (C=O) groups excluding carboxylic acids is 1. The molecule has 1 amide bonds. The Morgan fingerprint density at radius 2 is 1.95 bits per heavy atom. The van der Waals surface area contributed by atoms with Gasteiger partial charge in [0.15, 0.2) is 5.76 Å². The molecule has 0 spiro atoms. The van der Waals surface area contributed by atoms with Crippen LogP contribution in [0.1, 0.15) is 21.7 Å². The zero-order valence-electron chi connectivity index (χ0n) is 11.7. The van der Waals surface area contributed by atoms with Crippen molar-refractivity contribution in [2.24, 2.45) is 0 Å². The molecule has 0 saturated heterocycles. The average molecular weight is 344 g/mol. The lowest BCUT2D eigenvalue weighted by atomic mass is 10.1. The van der Waals surface area contributed by atoms with E-state index in [1.807, 2.05) is 50.2 Å². The van der Waals surface area contributed by atoms with E-state index < -0.39 is 0 Å². The normalized spacial score (nSPS) is 10.8. The van der Waals surface area contributed by atoms with Gasteiger partial charge in [-0.25, -0.2) is 0 Å². The second-order valence-corrected chi connectivity index (χ2v) is 5.90. The number of furan rings is 1. The van der Waals surface area contributed by atoms with Crippen molar-refractivity contribution in [3.63, 3.8) is 0 Å². The molecule has 0 saturated carbocycles. The molecule has 0 atom stereocenters. The number of halogens is 1. The smallest absolute Gasteiger partial charge is 0.291 e. The summed E-state index contributed by atoms with van der Waals surface area (Å²) < 4.78 is 6.48. The highest BCUT2D eigenvalue weighted by atomic mass is 79.9. The molecule has 0 unspecified atom stereocenters. The molecule has 1 aromatic heterocycles. The topological polar surface area (TPSA) is 42.2 Å². The fourth-order valence-electron chi connectivity index (χ4n) is 2.28. The summed E-state index contributed by atoms with van der Waals surface area (Å²) in [6.07, 6.45) is 0. The maximum Gasteiger partial charge on any atom is 0.291 e. The van der Waals surface area contributed by atoms with Gasteiger partial charge in [-0.05, 0) is 53.5 Å². The first-order valence-electron chi connectivity index (χ1n) is 6.61. The predicted molar refractivity (Wildman–Crippen MR) is 87.8 cm³/mol. The SMILES string of the molecule is Cc1ccc(NC(=O)c2cc3cccc(Br)c3o2)c(C)c1. The highest BCUT2D eigenvalue weighted by Gasteiger charge is 2.14. The average Bonchev–Trinajstić information content (AvgIpc) is 2.87. The van der Waals surface area contributed by atoms with Gasteiger partial charge in [0, 0.05) is 11.1 Å². The van der Waals surface area contributed by atoms with Gasteiger partial charge in [-0.3, -0.25) is 4.79 Å². The molecule has 0 aliphatic rings. The molecule has 4 heteroatoms. The number of carbonyl (C=O) groups is 1. The zero-order valence-corrected chi connectivity index (χ0v) is 13.3. The van der Waals surface area contributed by atoms with E-state index in [-0.39, 0.29) is 5.91 Å². The van der Waals surface area contributed by atoms with Gasteiger partial charge in [0.25, 0.3) is 5.91 Å². The minimum absolute atomic E-state index is 0.245. The Labute approximate surface area is 131 Å². The number of hydrogen-bond acceptors (Lipinski definition) is 2. The summed E-state index contributed by atoms with van der Waals surface area (Å²) >= 11 is 3.42. The second-order valence-electron chi connectivity index (χ2n) is 5.04. The van der Waals surface area contributed by atoms with E-state index in [1.54, 1.807) is 6.07 Å². The quantitative estimate of drug-likeness (QED) is 0.706. The minimum Gasteiger partial charge on any atom is -0.450 e. The summed E-state index contributed by atoms with van der Waals surface area (Å²) in [6, 6.07) is 13.4. The van der Waals surface area contributed by atoms with Gasteiger partial charge in [-0.15, -0.1) is 0 Å². The van der Waals surface area contributed by atoms with E-state index in [0.29, 0.717) is 11.3 Å². The van der Waals surface area contributed by atoms with E-state index in [9.17, 15) is 4.79 Å². The van der Waals surface area contributed by atoms with E-state index in [2.05, 4.69) is 21.2 Å². The summed E-state index contributed by atoms with van der Waals surface area (Å²) in [5.74, 6) is 0.0573. The third-order valence-corrected chi connectivity index (χ3v) is 3.97. The number of benzene rings is 2. The zero-order chi connectivity index (χ0) is 15.0. The van der Waals surface area contributed by atoms with E-state index in [4.69, 9.17) is 4.42 Å². The Bertz CT molecular complexity index is 836. The van der Waals surface area contributed by atoms with Crippen LogP contribution < -0.4 is 5.32 Å². The minimum atomic E-state index is -0.245. The third kappa shape index (κ3) is 2.72. The lowest BCUT2D eigenvalue weighted by molar-refractivity contribution is 0.0998. The fraction of sp³-hybridized carbons (Fsp3) is 0.118. The summed E-state index contributed by atoms with van der Waals surface area (Å²) in [5.41, 5.74) is 3.67. The van der Waals surface area contributed by atoms with Gasteiger partial charge >= 0.3 is 0 Å². The monoisotopic (exact) mass is 343 g/mol. The Kier molecular flexibility index (Phi) is 3.55. The van der Waals surface area contributed by atoms with Crippen LogP contribution in [0, 0.1) is 13.8 Å². The number of aryl methyl sites for hydroxylation is 2. The van der Waals surface area contributed by atoms with Crippen LogP contribution in [0.3, 0.4) is 0 Å². The van der Waals surface area contributed by atoms with Crippen LogP contribution in [-0.4, -0.2) is 5.91 Å². The number of para-hydroxylation sites is 1. The molecule has 0 radical (unpaired) electrons. The van der Waals surface area contributed by atoms with Crippen LogP contribution in [0.25, 0.3) is 11.0 Å². The number of amides is 1. The summed E-state index contributed by atoms with van der Waals surface area (Å²) in [7, 11) is 0. The number of rotatable bonds is 2. The molecule has 3 nitrogen and oxygen atoms in total. The maximum atomic E-state index is 12.3.